The molecule has 5 heteroatoms. The van der Waals surface area contributed by atoms with Crippen molar-refractivity contribution < 1.29 is 0 Å². The van der Waals surface area contributed by atoms with Crippen molar-refractivity contribution in [3.63, 3.8) is 0 Å². The number of nitrogens with zero attached hydrogens (tertiary/aromatic N) is 3. The maximum Gasteiger partial charge on any atom is 0.191 e. The summed E-state index contributed by atoms with van der Waals surface area (Å²) in [5.41, 5.74) is 2.47. The highest BCUT2D eigenvalue weighted by molar-refractivity contribution is 5.79. The summed E-state index contributed by atoms with van der Waals surface area (Å²) in [7, 11) is 3.99. The zero-order valence-corrected chi connectivity index (χ0v) is 16.6. The Labute approximate surface area is 157 Å². The Morgan fingerprint density at radius 1 is 1.12 bits per heavy atom. The summed E-state index contributed by atoms with van der Waals surface area (Å²) in [6.07, 6.45) is 1.83. The number of hydrogen-bond acceptors (Lipinski definition) is 3. The van der Waals surface area contributed by atoms with Crippen LogP contribution in [0.5, 0.6) is 0 Å². The van der Waals surface area contributed by atoms with Gasteiger partial charge in [0, 0.05) is 38.8 Å². The van der Waals surface area contributed by atoms with Crippen molar-refractivity contribution in [2.75, 3.05) is 32.1 Å². The van der Waals surface area contributed by atoms with Crippen molar-refractivity contribution in [3.05, 3.63) is 59.8 Å². The average molecular weight is 354 g/mol. The van der Waals surface area contributed by atoms with Gasteiger partial charge < -0.3 is 15.5 Å². The summed E-state index contributed by atoms with van der Waals surface area (Å²) in [6, 6.07) is 14.6. The van der Waals surface area contributed by atoms with E-state index in [1.54, 1.807) is 0 Å². The van der Waals surface area contributed by atoms with Gasteiger partial charge in [-0.15, -0.1) is 0 Å². The lowest BCUT2D eigenvalue weighted by atomic mass is 9.85. The standard InChI is InChI=1S/C21H31N5/c1-6-22-20(24-15-17-12-13-23-19(14-17)26(4)5)25-16-21(2,3)18-10-8-7-9-11-18/h7-14H,6,15-16H2,1-5H3,(H2,22,24,25). The summed E-state index contributed by atoms with van der Waals surface area (Å²) in [6.45, 7) is 8.82. The molecule has 2 N–H and O–H groups in total. The lowest BCUT2D eigenvalue weighted by Crippen LogP contribution is -2.43. The second-order valence-electron chi connectivity index (χ2n) is 7.22. The van der Waals surface area contributed by atoms with E-state index in [1.165, 1.54) is 5.56 Å². The van der Waals surface area contributed by atoms with Gasteiger partial charge in [0.15, 0.2) is 5.96 Å². The zero-order chi connectivity index (χ0) is 19.0. The van der Waals surface area contributed by atoms with Crippen LogP contribution in [0.2, 0.25) is 0 Å². The van der Waals surface area contributed by atoms with Crippen LogP contribution >= 0.6 is 0 Å². The second-order valence-corrected chi connectivity index (χ2v) is 7.22. The van der Waals surface area contributed by atoms with Crippen molar-refractivity contribution in [2.24, 2.45) is 4.99 Å². The molecule has 1 aromatic carbocycles. The number of benzene rings is 1. The molecule has 0 aliphatic heterocycles. The van der Waals surface area contributed by atoms with Crippen molar-refractivity contribution in [2.45, 2.75) is 32.7 Å². The summed E-state index contributed by atoms with van der Waals surface area (Å²) in [5, 5.41) is 6.81. The first kappa shape index (κ1) is 19.8. The van der Waals surface area contributed by atoms with Gasteiger partial charge in [-0.1, -0.05) is 44.2 Å². The molecule has 1 aromatic heterocycles. The number of anilines is 1. The van der Waals surface area contributed by atoms with Gasteiger partial charge in [0.25, 0.3) is 0 Å². The highest BCUT2D eigenvalue weighted by Crippen LogP contribution is 2.21. The van der Waals surface area contributed by atoms with Gasteiger partial charge in [-0.05, 0) is 30.2 Å². The number of nitrogens with one attached hydrogen (secondary N) is 2. The van der Waals surface area contributed by atoms with Gasteiger partial charge in [-0.25, -0.2) is 9.98 Å². The number of guanidine groups is 1. The van der Waals surface area contributed by atoms with Gasteiger partial charge in [-0.2, -0.15) is 0 Å². The van der Waals surface area contributed by atoms with Crippen LogP contribution in [0.1, 0.15) is 31.9 Å². The first-order valence-corrected chi connectivity index (χ1v) is 9.12. The minimum absolute atomic E-state index is 0.0201. The normalized spacial score (nSPS) is 12.0. The fourth-order valence-electron chi connectivity index (χ4n) is 2.61. The van der Waals surface area contributed by atoms with Gasteiger partial charge in [-0.3, -0.25) is 0 Å². The molecule has 0 saturated carbocycles. The maximum atomic E-state index is 4.73. The monoisotopic (exact) mass is 353 g/mol. The second kappa shape index (κ2) is 9.22. The Morgan fingerprint density at radius 3 is 2.50 bits per heavy atom. The van der Waals surface area contributed by atoms with E-state index in [0.29, 0.717) is 6.54 Å². The van der Waals surface area contributed by atoms with Crippen LogP contribution in [-0.4, -0.2) is 38.1 Å². The molecule has 0 unspecified atom stereocenters. The SMILES string of the molecule is CCNC(=NCc1ccnc(N(C)C)c1)NCC(C)(C)c1ccccc1. The lowest BCUT2D eigenvalue weighted by Gasteiger charge is -2.26. The van der Waals surface area contributed by atoms with Crippen LogP contribution < -0.4 is 15.5 Å². The van der Waals surface area contributed by atoms with E-state index in [0.717, 1.165) is 30.4 Å². The van der Waals surface area contributed by atoms with Crippen LogP contribution in [0.4, 0.5) is 5.82 Å². The molecule has 26 heavy (non-hydrogen) atoms. The third-order valence-electron chi connectivity index (χ3n) is 4.29. The summed E-state index contributed by atoms with van der Waals surface area (Å²) in [5.74, 6) is 1.78. The van der Waals surface area contributed by atoms with Gasteiger partial charge in [0.05, 0.1) is 6.54 Å². The first-order chi connectivity index (χ1) is 12.4. The third kappa shape index (κ3) is 5.76. The average Bonchev–Trinajstić information content (AvgIpc) is 2.65. The van der Waals surface area contributed by atoms with Crippen LogP contribution in [0.3, 0.4) is 0 Å². The van der Waals surface area contributed by atoms with Gasteiger partial charge in [0.2, 0.25) is 0 Å². The number of hydrogen-bond donors (Lipinski definition) is 2. The predicted molar refractivity (Wildman–Crippen MR) is 111 cm³/mol. The Morgan fingerprint density at radius 2 is 1.85 bits per heavy atom. The molecule has 5 nitrogen and oxygen atoms in total. The van der Waals surface area contributed by atoms with E-state index in [4.69, 9.17) is 4.99 Å². The molecule has 0 bridgehead atoms. The van der Waals surface area contributed by atoms with Crippen molar-refractivity contribution in [1.82, 2.24) is 15.6 Å². The van der Waals surface area contributed by atoms with Gasteiger partial charge in [0.1, 0.15) is 5.82 Å². The molecule has 2 rings (SSSR count). The van der Waals surface area contributed by atoms with E-state index in [2.05, 4.69) is 72.8 Å². The Hall–Kier alpha value is -2.56. The van der Waals surface area contributed by atoms with E-state index in [-0.39, 0.29) is 5.41 Å². The Balaban J connectivity index is 2.04. The predicted octanol–water partition coefficient (Wildman–Crippen LogP) is 3.18. The Bertz CT molecular complexity index is 707. The molecular weight excluding hydrogens is 322 g/mol. The number of pyridine rings is 1. The summed E-state index contributed by atoms with van der Waals surface area (Å²) >= 11 is 0. The molecule has 2 aromatic rings. The van der Waals surface area contributed by atoms with Crippen LogP contribution in [0.25, 0.3) is 0 Å². The molecule has 0 saturated heterocycles. The molecular formula is C21H31N5. The largest absolute Gasteiger partial charge is 0.363 e. The van der Waals surface area contributed by atoms with Crippen LogP contribution in [-0.2, 0) is 12.0 Å². The minimum atomic E-state index is 0.0201. The molecule has 0 fully saturated rings. The fraction of sp³-hybridized carbons (Fsp3) is 0.429. The molecule has 0 aliphatic rings. The molecule has 0 atom stereocenters. The molecule has 0 amide bonds. The summed E-state index contributed by atoms with van der Waals surface area (Å²) in [4.78, 5) is 11.1. The van der Waals surface area contributed by atoms with Crippen LogP contribution in [0.15, 0.2) is 53.7 Å². The number of aliphatic imine (C=N–C) groups is 1. The van der Waals surface area contributed by atoms with Gasteiger partial charge >= 0.3 is 0 Å². The quantitative estimate of drug-likeness (QED) is 0.593. The van der Waals surface area contributed by atoms with E-state index >= 15 is 0 Å². The molecule has 1 heterocycles. The number of aromatic nitrogens is 1. The first-order valence-electron chi connectivity index (χ1n) is 9.12. The van der Waals surface area contributed by atoms with E-state index < -0.39 is 0 Å². The summed E-state index contributed by atoms with van der Waals surface area (Å²) < 4.78 is 0. The fourth-order valence-corrected chi connectivity index (χ4v) is 2.61. The topological polar surface area (TPSA) is 52.6 Å². The van der Waals surface area contributed by atoms with Crippen molar-refractivity contribution in [1.29, 1.82) is 0 Å². The third-order valence-corrected chi connectivity index (χ3v) is 4.29. The molecule has 0 aliphatic carbocycles. The smallest absolute Gasteiger partial charge is 0.191 e. The maximum absolute atomic E-state index is 4.73. The van der Waals surface area contributed by atoms with E-state index in [1.807, 2.05) is 31.3 Å². The number of rotatable bonds is 7. The minimum Gasteiger partial charge on any atom is -0.363 e. The van der Waals surface area contributed by atoms with Crippen LogP contribution in [0, 0.1) is 0 Å². The molecule has 0 spiro atoms. The van der Waals surface area contributed by atoms with Crippen molar-refractivity contribution in [3.8, 4) is 0 Å². The molecule has 140 valence electrons. The molecule has 0 radical (unpaired) electrons. The highest BCUT2D eigenvalue weighted by atomic mass is 15.2. The highest BCUT2D eigenvalue weighted by Gasteiger charge is 2.20. The van der Waals surface area contributed by atoms with Crippen molar-refractivity contribution >= 4 is 11.8 Å². The lowest BCUT2D eigenvalue weighted by molar-refractivity contribution is 0.508. The Kier molecular flexibility index (Phi) is 7.01. The zero-order valence-electron chi connectivity index (χ0n) is 16.6. The van der Waals surface area contributed by atoms with E-state index in [9.17, 15) is 0 Å².